The number of fused-ring (bicyclic) bond motifs is 1. The van der Waals surface area contributed by atoms with Crippen molar-refractivity contribution in [2.24, 2.45) is 5.41 Å². The first-order valence-electron chi connectivity index (χ1n) is 14.9. The Morgan fingerprint density at radius 2 is 1.49 bits per heavy atom. The van der Waals surface area contributed by atoms with E-state index in [2.05, 4.69) is 22.0 Å². The molecule has 3 aliphatic rings. The van der Waals surface area contributed by atoms with Gasteiger partial charge in [0, 0.05) is 62.2 Å². The van der Waals surface area contributed by atoms with Crippen LogP contribution in [0.1, 0.15) is 51.4 Å². The number of hydrogen-bond acceptors (Lipinski definition) is 6. The van der Waals surface area contributed by atoms with E-state index in [1.54, 1.807) is 20.7 Å². The predicted octanol–water partition coefficient (Wildman–Crippen LogP) is 4.88. The summed E-state index contributed by atoms with van der Waals surface area (Å²) in [6.07, 6.45) is 10.3. The summed E-state index contributed by atoms with van der Waals surface area (Å²) in [6, 6.07) is 16.9. The molecule has 1 spiro atoms. The lowest BCUT2D eigenvalue weighted by Gasteiger charge is -2.47. The Morgan fingerprint density at radius 1 is 0.805 bits per heavy atom. The minimum absolute atomic E-state index is 0.0779. The number of hydrogen-bond donors (Lipinski definition) is 0. The first-order valence-corrected chi connectivity index (χ1v) is 17.9. The number of benzene rings is 2. The molecule has 0 bridgehead atoms. The molecule has 1 atom stereocenters. The molecule has 41 heavy (non-hydrogen) atoms. The molecule has 0 unspecified atom stereocenters. The molecule has 0 N–H and O–H groups in total. The second-order valence-corrected chi connectivity index (χ2v) is 15.9. The van der Waals surface area contributed by atoms with E-state index in [9.17, 15) is 16.8 Å². The maximum Gasteiger partial charge on any atom is 0.243 e. The topological polar surface area (TPSA) is 90.9 Å². The lowest BCUT2D eigenvalue weighted by atomic mass is 9.71. The second kappa shape index (κ2) is 11.6. The highest BCUT2D eigenvalue weighted by atomic mass is 32.2. The van der Waals surface area contributed by atoms with E-state index >= 15 is 0 Å². The van der Waals surface area contributed by atoms with E-state index < -0.39 is 20.0 Å². The molecular formula is C31H40N4O4S2. The van der Waals surface area contributed by atoms with E-state index in [1.807, 2.05) is 42.7 Å². The van der Waals surface area contributed by atoms with Gasteiger partial charge in [-0.15, -0.1) is 0 Å². The van der Waals surface area contributed by atoms with Gasteiger partial charge in [0.05, 0.1) is 10.6 Å². The zero-order valence-electron chi connectivity index (χ0n) is 23.6. The minimum Gasteiger partial charge on any atom is -0.371 e. The van der Waals surface area contributed by atoms with Gasteiger partial charge in [-0.25, -0.2) is 21.1 Å². The van der Waals surface area contributed by atoms with Crippen LogP contribution < -0.4 is 4.90 Å². The van der Waals surface area contributed by atoms with E-state index in [0.29, 0.717) is 37.4 Å². The summed E-state index contributed by atoms with van der Waals surface area (Å²) < 4.78 is 57.3. The second-order valence-electron chi connectivity index (χ2n) is 11.9. The van der Waals surface area contributed by atoms with Crippen LogP contribution in [0, 0.1) is 5.41 Å². The lowest BCUT2D eigenvalue weighted by molar-refractivity contribution is 0.119. The van der Waals surface area contributed by atoms with Crippen LogP contribution in [0.5, 0.6) is 0 Å². The van der Waals surface area contributed by atoms with Crippen molar-refractivity contribution in [1.82, 2.24) is 13.6 Å². The van der Waals surface area contributed by atoms with Gasteiger partial charge in [-0.1, -0.05) is 36.4 Å². The third-order valence-electron chi connectivity index (χ3n) is 9.63. The van der Waals surface area contributed by atoms with Crippen LogP contribution in [0.15, 0.2) is 71.9 Å². The number of anilines is 1. The van der Waals surface area contributed by atoms with Crippen LogP contribution in [0.3, 0.4) is 0 Å². The maximum atomic E-state index is 13.7. The van der Waals surface area contributed by atoms with Crippen molar-refractivity contribution in [3.8, 4) is 0 Å². The molecule has 10 heteroatoms. The molecule has 3 fully saturated rings. The Labute approximate surface area is 244 Å². The molecule has 3 aliphatic heterocycles. The van der Waals surface area contributed by atoms with Crippen molar-refractivity contribution in [3.63, 3.8) is 0 Å². The predicted molar refractivity (Wildman–Crippen MR) is 163 cm³/mol. The molecule has 3 saturated heterocycles. The molecule has 0 aliphatic carbocycles. The Hall–Kier alpha value is -2.53. The molecule has 2 aromatic carbocycles. The highest BCUT2D eigenvalue weighted by molar-refractivity contribution is 7.89. The van der Waals surface area contributed by atoms with Crippen LogP contribution in [0.4, 0.5) is 5.69 Å². The van der Waals surface area contributed by atoms with E-state index in [1.165, 1.54) is 5.69 Å². The summed E-state index contributed by atoms with van der Waals surface area (Å²) in [4.78, 5) is 6.86. The van der Waals surface area contributed by atoms with Gasteiger partial charge in [0.1, 0.15) is 0 Å². The fraction of sp³-hybridized carbons (Fsp3) is 0.516. The highest BCUT2D eigenvalue weighted by Crippen LogP contribution is 2.42. The quantitative estimate of drug-likeness (QED) is 0.368. The molecule has 0 amide bonds. The number of nitrogens with zero attached hydrogens (tertiary/aromatic N) is 4. The summed E-state index contributed by atoms with van der Waals surface area (Å²) in [5.41, 5.74) is 1.44. The number of rotatable bonds is 8. The van der Waals surface area contributed by atoms with Gasteiger partial charge in [0.25, 0.3) is 0 Å². The highest BCUT2D eigenvalue weighted by Gasteiger charge is 2.41. The Kier molecular flexibility index (Phi) is 8.11. The van der Waals surface area contributed by atoms with Crippen LogP contribution in [0.2, 0.25) is 0 Å². The van der Waals surface area contributed by atoms with Gasteiger partial charge in [0.15, 0.2) is 0 Å². The Balaban J connectivity index is 1.02. The fourth-order valence-corrected chi connectivity index (χ4v) is 10.6. The van der Waals surface area contributed by atoms with Crippen molar-refractivity contribution < 1.29 is 16.8 Å². The first-order chi connectivity index (χ1) is 19.8. The summed E-state index contributed by atoms with van der Waals surface area (Å²) >= 11 is 0. The molecule has 0 saturated carbocycles. The van der Waals surface area contributed by atoms with E-state index in [0.717, 1.165) is 62.4 Å². The summed E-state index contributed by atoms with van der Waals surface area (Å²) in [5.74, 6) is 0.0779. The minimum atomic E-state index is -3.67. The van der Waals surface area contributed by atoms with Crippen molar-refractivity contribution in [1.29, 1.82) is 0 Å². The fourth-order valence-electron chi connectivity index (χ4n) is 7.12. The van der Waals surface area contributed by atoms with Crippen molar-refractivity contribution in [2.75, 3.05) is 43.4 Å². The van der Waals surface area contributed by atoms with Gasteiger partial charge in [-0.3, -0.25) is 4.98 Å². The summed E-state index contributed by atoms with van der Waals surface area (Å²) in [5, 5.41) is 1.63. The standard InChI is InChI=1S/C31H40N4O4S2/c36-40(37,34-23-16-31(17-24-34)14-21-33(22-15-31)27-12-18-32-19-13-27)25-5-9-28-8-4-20-35(28)41(38,39)30-11-3-7-26-6-1-2-10-29(26)30/h1-3,6-7,10-13,18-19,28H,4-5,8-9,14-17,20-25H2/t28-/m0/s1. The molecule has 0 radical (unpaired) electrons. The van der Waals surface area contributed by atoms with Crippen molar-refractivity contribution >= 4 is 36.5 Å². The van der Waals surface area contributed by atoms with Crippen molar-refractivity contribution in [2.45, 2.75) is 62.3 Å². The Morgan fingerprint density at radius 3 is 2.24 bits per heavy atom. The van der Waals surface area contributed by atoms with Gasteiger partial charge in [-0.2, -0.15) is 4.31 Å². The normalized spacial score (nSPS) is 22.4. The van der Waals surface area contributed by atoms with Gasteiger partial charge >= 0.3 is 0 Å². The van der Waals surface area contributed by atoms with Crippen molar-refractivity contribution in [3.05, 3.63) is 67.0 Å². The first kappa shape index (κ1) is 28.6. The zero-order valence-corrected chi connectivity index (χ0v) is 25.2. The number of pyridine rings is 1. The summed E-state index contributed by atoms with van der Waals surface area (Å²) in [7, 11) is -7.04. The molecule has 220 valence electrons. The van der Waals surface area contributed by atoms with Crippen LogP contribution >= 0.6 is 0 Å². The average molecular weight is 597 g/mol. The molecule has 6 rings (SSSR count). The average Bonchev–Trinajstić information content (AvgIpc) is 3.47. The smallest absolute Gasteiger partial charge is 0.243 e. The molecule has 4 heterocycles. The lowest BCUT2D eigenvalue weighted by Crippen LogP contribution is -2.48. The zero-order chi connectivity index (χ0) is 28.5. The Bertz CT molecular complexity index is 1560. The largest absolute Gasteiger partial charge is 0.371 e. The summed E-state index contributed by atoms with van der Waals surface area (Å²) in [6.45, 7) is 3.65. The third kappa shape index (κ3) is 5.89. The van der Waals surface area contributed by atoms with Crippen LogP contribution in [-0.2, 0) is 20.0 Å². The maximum absolute atomic E-state index is 13.7. The monoisotopic (exact) mass is 596 g/mol. The molecule has 1 aromatic heterocycles. The van der Waals surface area contributed by atoms with Gasteiger partial charge in [0.2, 0.25) is 20.0 Å². The van der Waals surface area contributed by atoms with Crippen LogP contribution in [0.25, 0.3) is 10.8 Å². The van der Waals surface area contributed by atoms with Crippen LogP contribution in [-0.4, -0.2) is 74.9 Å². The number of aromatic nitrogens is 1. The SMILES string of the molecule is O=S(=O)(CCC[C@@H]1CCCN1S(=O)(=O)c1cccc2ccccc12)N1CCC2(CCN(c3ccncc3)CC2)CC1. The van der Waals surface area contributed by atoms with E-state index in [4.69, 9.17) is 0 Å². The molecule has 3 aromatic rings. The molecule has 8 nitrogen and oxygen atoms in total. The van der Waals surface area contributed by atoms with Gasteiger partial charge < -0.3 is 4.90 Å². The third-order valence-corrected chi connectivity index (χ3v) is 13.6. The number of sulfonamides is 2. The van der Waals surface area contributed by atoms with E-state index in [-0.39, 0.29) is 17.2 Å². The van der Waals surface area contributed by atoms with Gasteiger partial charge in [-0.05, 0) is 80.4 Å². The number of piperidine rings is 2. The molecular weight excluding hydrogens is 556 g/mol.